The molecule has 1 atom stereocenters. The molecule has 1 aliphatic heterocycles. The maximum absolute atomic E-state index is 14.0. The van der Waals surface area contributed by atoms with Gasteiger partial charge in [0.25, 0.3) is 0 Å². The highest BCUT2D eigenvalue weighted by Gasteiger charge is 2.50. The lowest BCUT2D eigenvalue weighted by Crippen LogP contribution is -2.54. The van der Waals surface area contributed by atoms with E-state index in [-0.39, 0.29) is 17.7 Å². The quantitative estimate of drug-likeness (QED) is 0.839. The first-order valence-corrected chi connectivity index (χ1v) is 6.32. The van der Waals surface area contributed by atoms with Crippen molar-refractivity contribution >= 4 is 11.6 Å². The Labute approximate surface area is 111 Å². The van der Waals surface area contributed by atoms with E-state index in [9.17, 15) is 9.65 Å². The molecule has 1 aromatic carbocycles. The van der Waals surface area contributed by atoms with Gasteiger partial charge < -0.3 is 4.74 Å². The lowest BCUT2D eigenvalue weighted by molar-refractivity contribution is -0.0892. The Hall–Kier alpha value is -1.11. The zero-order valence-corrected chi connectivity index (χ0v) is 11.2. The Morgan fingerprint density at radius 1 is 1.44 bits per heavy atom. The van der Waals surface area contributed by atoms with Gasteiger partial charge in [0, 0.05) is 10.6 Å². The number of rotatable bonds is 3. The van der Waals surface area contributed by atoms with Gasteiger partial charge in [-0.25, -0.2) is 4.39 Å². The summed E-state index contributed by atoms with van der Waals surface area (Å²) in [6.45, 7) is 4.69. The molecule has 2 nitrogen and oxygen atoms in total. The maximum atomic E-state index is 14.0. The Balaban J connectivity index is 2.50. The standard InChI is InChI=1S/C14H15ClFNO/c1-9(2)12(6-17)14(7-18-8-14)11-5-10(15)3-4-13(11)16/h3-5,9,12H,7-8H2,1-2H3. The Kier molecular flexibility index (Phi) is 3.61. The van der Waals surface area contributed by atoms with Gasteiger partial charge in [-0.15, -0.1) is 0 Å². The van der Waals surface area contributed by atoms with E-state index in [4.69, 9.17) is 16.3 Å². The van der Waals surface area contributed by atoms with Crippen molar-refractivity contribution in [3.63, 3.8) is 0 Å². The Morgan fingerprint density at radius 3 is 2.56 bits per heavy atom. The molecule has 2 rings (SSSR count). The summed E-state index contributed by atoms with van der Waals surface area (Å²) in [5.41, 5.74) is -0.0562. The molecule has 1 unspecified atom stereocenters. The third-order valence-electron chi connectivity index (χ3n) is 3.59. The fourth-order valence-corrected chi connectivity index (χ4v) is 2.79. The van der Waals surface area contributed by atoms with Crippen LogP contribution in [0.25, 0.3) is 0 Å². The lowest BCUT2D eigenvalue weighted by Gasteiger charge is -2.46. The van der Waals surface area contributed by atoms with E-state index in [1.807, 2.05) is 13.8 Å². The fourth-order valence-electron chi connectivity index (χ4n) is 2.61. The minimum Gasteiger partial charge on any atom is -0.379 e. The molecule has 96 valence electrons. The number of nitrogens with zero attached hydrogens (tertiary/aromatic N) is 1. The number of ether oxygens (including phenoxy) is 1. The highest BCUT2D eigenvalue weighted by molar-refractivity contribution is 6.30. The minimum atomic E-state index is -0.558. The van der Waals surface area contributed by atoms with Gasteiger partial charge in [-0.1, -0.05) is 25.4 Å². The zero-order valence-electron chi connectivity index (χ0n) is 10.4. The van der Waals surface area contributed by atoms with E-state index < -0.39 is 5.41 Å². The number of benzene rings is 1. The third-order valence-corrected chi connectivity index (χ3v) is 3.82. The van der Waals surface area contributed by atoms with Crippen LogP contribution in [0.4, 0.5) is 4.39 Å². The molecule has 0 bridgehead atoms. The molecule has 0 aliphatic carbocycles. The molecule has 0 saturated carbocycles. The largest absolute Gasteiger partial charge is 0.379 e. The van der Waals surface area contributed by atoms with Gasteiger partial charge in [-0.05, 0) is 24.1 Å². The zero-order chi connectivity index (χ0) is 13.3. The molecular weight excluding hydrogens is 253 g/mol. The van der Waals surface area contributed by atoms with Gasteiger partial charge in [-0.3, -0.25) is 0 Å². The molecule has 0 N–H and O–H groups in total. The Bertz CT molecular complexity index is 491. The van der Waals surface area contributed by atoms with Crippen molar-refractivity contribution in [2.45, 2.75) is 19.3 Å². The molecule has 0 amide bonds. The average molecular weight is 268 g/mol. The number of hydrogen-bond acceptors (Lipinski definition) is 2. The second kappa shape index (κ2) is 4.87. The van der Waals surface area contributed by atoms with Crippen LogP contribution in [0.5, 0.6) is 0 Å². The van der Waals surface area contributed by atoms with Crippen LogP contribution in [0.2, 0.25) is 5.02 Å². The van der Waals surface area contributed by atoms with Crippen LogP contribution < -0.4 is 0 Å². The minimum absolute atomic E-state index is 0.136. The van der Waals surface area contributed by atoms with Crippen LogP contribution in [-0.4, -0.2) is 13.2 Å². The summed E-state index contributed by atoms with van der Waals surface area (Å²) < 4.78 is 19.3. The highest BCUT2D eigenvalue weighted by Crippen LogP contribution is 2.44. The van der Waals surface area contributed by atoms with E-state index in [0.29, 0.717) is 23.8 Å². The van der Waals surface area contributed by atoms with Crippen LogP contribution in [0.15, 0.2) is 18.2 Å². The van der Waals surface area contributed by atoms with Crippen LogP contribution in [0.3, 0.4) is 0 Å². The molecule has 0 aromatic heterocycles. The van der Waals surface area contributed by atoms with Crippen molar-refractivity contribution in [2.75, 3.05) is 13.2 Å². The van der Waals surface area contributed by atoms with Gasteiger partial charge >= 0.3 is 0 Å². The molecule has 0 radical (unpaired) electrons. The van der Waals surface area contributed by atoms with Crippen molar-refractivity contribution in [1.82, 2.24) is 0 Å². The summed E-state index contributed by atoms with van der Waals surface area (Å²) in [4.78, 5) is 0. The van der Waals surface area contributed by atoms with E-state index in [0.717, 1.165) is 0 Å². The molecule has 1 saturated heterocycles. The second-order valence-electron chi connectivity index (χ2n) is 5.12. The molecule has 18 heavy (non-hydrogen) atoms. The first kappa shape index (κ1) is 13.3. The molecule has 1 aromatic rings. The van der Waals surface area contributed by atoms with E-state index >= 15 is 0 Å². The van der Waals surface area contributed by atoms with Gasteiger partial charge in [0.2, 0.25) is 0 Å². The molecular formula is C14H15ClFNO. The normalized spacial score (nSPS) is 19.1. The van der Waals surface area contributed by atoms with E-state index in [1.54, 1.807) is 6.07 Å². The SMILES string of the molecule is CC(C)C(C#N)C1(c2cc(Cl)ccc2F)COC1. The van der Waals surface area contributed by atoms with E-state index in [1.165, 1.54) is 12.1 Å². The summed E-state index contributed by atoms with van der Waals surface area (Å²) >= 11 is 5.94. The second-order valence-corrected chi connectivity index (χ2v) is 5.56. The predicted octanol–water partition coefficient (Wildman–Crippen LogP) is 3.54. The topological polar surface area (TPSA) is 33.0 Å². The van der Waals surface area contributed by atoms with Crippen molar-refractivity contribution in [3.05, 3.63) is 34.6 Å². The molecule has 1 fully saturated rings. The van der Waals surface area contributed by atoms with Crippen molar-refractivity contribution in [2.24, 2.45) is 11.8 Å². The smallest absolute Gasteiger partial charge is 0.127 e. The van der Waals surface area contributed by atoms with Gasteiger partial charge in [0.1, 0.15) is 5.82 Å². The molecule has 1 aliphatic rings. The highest BCUT2D eigenvalue weighted by atomic mass is 35.5. The fraction of sp³-hybridized carbons (Fsp3) is 0.500. The number of halogens is 2. The Morgan fingerprint density at radius 2 is 2.11 bits per heavy atom. The van der Waals surface area contributed by atoms with Crippen molar-refractivity contribution in [1.29, 1.82) is 5.26 Å². The average Bonchev–Trinajstić information content (AvgIpc) is 2.26. The van der Waals surface area contributed by atoms with Crippen molar-refractivity contribution in [3.8, 4) is 6.07 Å². The van der Waals surface area contributed by atoms with Crippen molar-refractivity contribution < 1.29 is 9.13 Å². The summed E-state index contributed by atoms with van der Waals surface area (Å²) in [7, 11) is 0. The lowest BCUT2D eigenvalue weighted by atomic mass is 9.65. The summed E-state index contributed by atoms with van der Waals surface area (Å²) in [6.07, 6.45) is 0. The monoisotopic (exact) mass is 267 g/mol. The van der Waals surface area contributed by atoms with Gasteiger partial charge in [0.05, 0.1) is 30.6 Å². The molecule has 1 heterocycles. The van der Waals surface area contributed by atoms with E-state index in [2.05, 4.69) is 6.07 Å². The van der Waals surface area contributed by atoms with Crippen LogP contribution in [0.1, 0.15) is 19.4 Å². The summed E-state index contributed by atoms with van der Waals surface area (Å²) in [6, 6.07) is 6.79. The number of hydrogen-bond donors (Lipinski definition) is 0. The third kappa shape index (κ3) is 2.00. The summed E-state index contributed by atoms with van der Waals surface area (Å²) in [5, 5.41) is 9.84. The van der Waals surface area contributed by atoms with Crippen LogP contribution >= 0.6 is 11.6 Å². The number of nitriles is 1. The van der Waals surface area contributed by atoms with Crippen LogP contribution in [-0.2, 0) is 10.2 Å². The first-order valence-electron chi connectivity index (χ1n) is 5.94. The van der Waals surface area contributed by atoms with Gasteiger partial charge in [-0.2, -0.15) is 5.26 Å². The molecule has 0 spiro atoms. The maximum Gasteiger partial charge on any atom is 0.127 e. The summed E-state index contributed by atoms with van der Waals surface area (Å²) in [5.74, 6) is -0.458. The predicted molar refractivity (Wildman–Crippen MR) is 67.8 cm³/mol. The van der Waals surface area contributed by atoms with Crippen LogP contribution in [0, 0.1) is 29.0 Å². The van der Waals surface area contributed by atoms with Gasteiger partial charge in [0.15, 0.2) is 0 Å². The molecule has 4 heteroatoms. The first-order chi connectivity index (χ1) is 8.51.